The van der Waals surface area contributed by atoms with Crippen LogP contribution in [0.25, 0.3) is 10.9 Å². The molecule has 9 heteroatoms. The number of rotatable bonds is 14. The van der Waals surface area contributed by atoms with Gasteiger partial charge in [0, 0.05) is 37.9 Å². The fourth-order valence-electron chi connectivity index (χ4n) is 4.24. The Bertz CT molecular complexity index is 1490. The van der Waals surface area contributed by atoms with Crippen LogP contribution in [0.1, 0.15) is 16.8 Å². The lowest BCUT2D eigenvalue weighted by molar-refractivity contribution is 0.0847. The van der Waals surface area contributed by atoms with Crippen LogP contribution in [0, 0.1) is 0 Å². The van der Waals surface area contributed by atoms with Gasteiger partial charge in [0.05, 0.1) is 26.3 Å². The molecule has 0 aliphatic heterocycles. The molecule has 0 spiro atoms. The maximum atomic E-state index is 13.1. The summed E-state index contributed by atoms with van der Waals surface area (Å²) in [5.74, 6) is 2.45. The minimum Gasteiger partial charge on any atom is -0.497 e. The van der Waals surface area contributed by atoms with E-state index in [4.69, 9.17) is 23.7 Å². The second-order valence-electron chi connectivity index (χ2n) is 11.0. The van der Waals surface area contributed by atoms with E-state index in [2.05, 4.69) is 19.6 Å². The first kappa shape index (κ1) is 30.2. The molecule has 0 atom stereocenters. The largest absolute Gasteiger partial charge is 0.497 e. The Balaban J connectivity index is 1.69. The van der Waals surface area contributed by atoms with E-state index < -0.39 is 8.07 Å². The second kappa shape index (κ2) is 13.7. The molecular weight excluding hydrogens is 538 g/mol. The molecule has 0 saturated carbocycles. The highest BCUT2D eigenvalue weighted by Gasteiger charge is 2.17. The predicted molar refractivity (Wildman–Crippen MR) is 163 cm³/mol. The molecule has 0 aliphatic carbocycles. The average Bonchev–Trinajstić information content (AvgIpc) is 2.97. The van der Waals surface area contributed by atoms with Crippen LogP contribution in [0.4, 0.5) is 0 Å². The zero-order valence-corrected chi connectivity index (χ0v) is 25.4. The summed E-state index contributed by atoms with van der Waals surface area (Å²) in [6, 6.07) is 21.2. The molecule has 1 N–H and O–H groups in total. The summed E-state index contributed by atoms with van der Waals surface area (Å²) in [7, 11) is 1.98. The van der Waals surface area contributed by atoms with E-state index in [-0.39, 0.29) is 32.0 Å². The van der Waals surface area contributed by atoms with Gasteiger partial charge >= 0.3 is 0 Å². The minimum atomic E-state index is -1.27. The molecule has 0 fully saturated rings. The van der Waals surface area contributed by atoms with Gasteiger partial charge in [-0.3, -0.25) is 4.79 Å². The van der Waals surface area contributed by atoms with Crippen LogP contribution < -0.4 is 24.4 Å². The van der Waals surface area contributed by atoms with Gasteiger partial charge in [0.15, 0.2) is 16.9 Å². The lowest BCUT2D eigenvalue weighted by atomic mass is 10.1. The van der Waals surface area contributed by atoms with E-state index in [9.17, 15) is 9.90 Å². The Hall–Kier alpha value is -3.79. The van der Waals surface area contributed by atoms with Gasteiger partial charge in [-0.1, -0.05) is 43.9 Å². The van der Waals surface area contributed by atoms with E-state index in [0.717, 1.165) is 28.7 Å². The number of nitrogens with zero attached hydrogens (tertiary/aromatic N) is 1. The van der Waals surface area contributed by atoms with Crippen LogP contribution in [0.3, 0.4) is 0 Å². The van der Waals surface area contributed by atoms with Crippen LogP contribution in [-0.4, -0.2) is 38.6 Å². The number of fused-ring (bicyclic) bond motifs is 1. The van der Waals surface area contributed by atoms with Crippen molar-refractivity contribution >= 4 is 19.0 Å². The number of methoxy groups -OCH3 is 2. The van der Waals surface area contributed by atoms with E-state index in [1.807, 2.05) is 53.1 Å². The van der Waals surface area contributed by atoms with Crippen molar-refractivity contribution in [2.45, 2.75) is 52.2 Å². The highest BCUT2D eigenvalue weighted by atomic mass is 28.3. The van der Waals surface area contributed by atoms with Crippen molar-refractivity contribution in [3.63, 3.8) is 0 Å². The Kier molecular flexibility index (Phi) is 10.1. The summed E-state index contributed by atoms with van der Waals surface area (Å²) in [6.07, 6.45) is 0. The van der Waals surface area contributed by atoms with Crippen LogP contribution in [0.15, 0.2) is 71.5 Å². The molecule has 1 aromatic heterocycles. The summed E-state index contributed by atoms with van der Waals surface area (Å²) in [5.41, 5.74) is 2.76. The van der Waals surface area contributed by atoms with E-state index in [1.165, 1.54) is 6.07 Å². The van der Waals surface area contributed by atoms with Crippen molar-refractivity contribution in [2.24, 2.45) is 0 Å². The Morgan fingerprint density at radius 2 is 1.32 bits per heavy atom. The van der Waals surface area contributed by atoms with Gasteiger partial charge in [0.1, 0.15) is 31.4 Å². The molecule has 0 radical (unpaired) electrons. The van der Waals surface area contributed by atoms with Crippen LogP contribution in [0.5, 0.6) is 23.0 Å². The summed E-state index contributed by atoms with van der Waals surface area (Å²) in [4.78, 5) is 13.1. The van der Waals surface area contributed by atoms with Crippen LogP contribution in [0.2, 0.25) is 25.7 Å². The molecule has 8 nitrogen and oxygen atoms in total. The highest BCUT2D eigenvalue weighted by molar-refractivity contribution is 6.76. The van der Waals surface area contributed by atoms with Gasteiger partial charge in [-0.05, 0) is 47.5 Å². The standard InChI is InChI=1S/C32H39NO7Si/c1-36-26-10-6-23(7-11-26)20-39-31-17-28-29(18-32(31)40-21-24-8-12-27(37-2)13-9-24)33(25(19-34)16-30(28)35)22-38-14-15-41(3,4)5/h6-13,16-18,34H,14-15,19-22H2,1-5H3. The van der Waals surface area contributed by atoms with Gasteiger partial charge in [0.25, 0.3) is 0 Å². The smallest absolute Gasteiger partial charge is 0.189 e. The topological polar surface area (TPSA) is 88.4 Å². The average molecular weight is 578 g/mol. The second-order valence-corrected chi connectivity index (χ2v) is 16.6. The van der Waals surface area contributed by atoms with Crippen LogP contribution >= 0.6 is 0 Å². The highest BCUT2D eigenvalue weighted by Crippen LogP contribution is 2.34. The van der Waals surface area contributed by atoms with E-state index >= 15 is 0 Å². The van der Waals surface area contributed by atoms with Gasteiger partial charge in [0.2, 0.25) is 0 Å². The third kappa shape index (κ3) is 8.13. The molecular formula is C32H39NO7Si. The number of aliphatic hydroxyl groups is 1. The Morgan fingerprint density at radius 3 is 1.80 bits per heavy atom. The third-order valence-corrected chi connectivity index (χ3v) is 8.45. The SMILES string of the molecule is COc1ccc(COc2cc3c(=O)cc(CO)n(COCC[Si](C)(C)C)c3cc2OCc2ccc(OC)cc2)cc1. The lowest BCUT2D eigenvalue weighted by Crippen LogP contribution is -2.23. The van der Waals surface area contributed by atoms with Gasteiger partial charge in [-0.2, -0.15) is 0 Å². The molecule has 0 saturated heterocycles. The number of hydrogen-bond acceptors (Lipinski definition) is 7. The van der Waals surface area contributed by atoms with Crippen molar-refractivity contribution < 1.29 is 28.8 Å². The monoisotopic (exact) mass is 577 g/mol. The number of ether oxygens (including phenoxy) is 5. The maximum absolute atomic E-state index is 13.1. The number of aliphatic hydroxyl groups excluding tert-OH is 1. The first-order chi connectivity index (χ1) is 19.7. The normalized spacial score (nSPS) is 11.5. The summed E-state index contributed by atoms with van der Waals surface area (Å²) >= 11 is 0. The summed E-state index contributed by atoms with van der Waals surface area (Å²) in [6.45, 7) is 7.97. The molecule has 4 rings (SSSR count). The van der Waals surface area contributed by atoms with Gasteiger partial charge in [-0.15, -0.1) is 0 Å². The predicted octanol–water partition coefficient (Wildman–Crippen LogP) is 5.98. The zero-order valence-electron chi connectivity index (χ0n) is 24.4. The van der Waals surface area contributed by atoms with Crippen molar-refractivity contribution in [3.05, 3.63) is 93.8 Å². The van der Waals surface area contributed by atoms with Crippen molar-refractivity contribution in [1.29, 1.82) is 0 Å². The summed E-state index contributed by atoms with van der Waals surface area (Å²) in [5, 5.41) is 10.5. The molecule has 1 heterocycles. The number of pyridine rings is 1. The van der Waals surface area contributed by atoms with Crippen molar-refractivity contribution in [3.8, 4) is 23.0 Å². The van der Waals surface area contributed by atoms with Crippen molar-refractivity contribution in [2.75, 3.05) is 20.8 Å². The fraction of sp³-hybridized carbons (Fsp3) is 0.344. The molecule has 41 heavy (non-hydrogen) atoms. The first-order valence-electron chi connectivity index (χ1n) is 13.6. The number of aromatic nitrogens is 1. The maximum Gasteiger partial charge on any atom is 0.189 e. The summed E-state index contributed by atoms with van der Waals surface area (Å²) < 4.78 is 30.8. The third-order valence-electron chi connectivity index (χ3n) is 6.75. The zero-order chi connectivity index (χ0) is 29.4. The molecule has 4 aromatic rings. The number of hydrogen-bond donors (Lipinski definition) is 1. The lowest BCUT2D eigenvalue weighted by Gasteiger charge is -2.20. The van der Waals surface area contributed by atoms with Crippen LogP contribution in [-0.2, 0) is 31.3 Å². The molecule has 0 amide bonds. The molecule has 0 aliphatic rings. The van der Waals surface area contributed by atoms with E-state index in [0.29, 0.717) is 34.7 Å². The molecule has 0 bridgehead atoms. The number of benzene rings is 3. The minimum absolute atomic E-state index is 0.209. The van der Waals surface area contributed by atoms with E-state index in [1.54, 1.807) is 26.4 Å². The Labute approximate surface area is 242 Å². The molecule has 218 valence electrons. The van der Waals surface area contributed by atoms with Gasteiger partial charge < -0.3 is 33.4 Å². The molecule has 0 unspecified atom stereocenters. The van der Waals surface area contributed by atoms with Gasteiger partial charge in [-0.25, -0.2) is 0 Å². The Morgan fingerprint density at radius 1 is 0.780 bits per heavy atom. The van der Waals surface area contributed by atoms with Crippen molar-refractivity contribution in [1.82, 2.24) is 4.57 Å². The first-order valence-corrected chi connectivity index (χ1v) is 17.3. The molecule has 3 aromatic carbocycles. The fourth-order valence-corrected chi connectivity index (χ4v) is 5.00. The quantitative estimate of drug-likeness (QED) is 0.146.